The fourth-order valence-corrected chi connectivity index (χ4v) is 2.08. The number of rotatable bonds is 2. The molecule has 4 heteroatoms. The summed E-state index contributed by atoms with van der Waals surface area (Å²) in [6.45, 7) is 2.35. The van der Waals surface area contributed by atoms with Crippen LogP contribution in [0.15, 0.2) is 18.2 Å². The Morgan fingerprint density at radius 1 is 1.50 bits per heavy atom. The van der Waals surface area contributed by atoms with Gasteiger partial charge in [-0.05, 0) is 32.5 Å². The highest BCUT2D eigenvalue weighted by molar-refractivity contribution is 5.99. The van der Waals surface area contributed by atoms with Gasteiger partial charge in [0, 0.05) is 17.8 Å². The van der Waals surface area contributed by atoms with E-state index >= 15 is 0 Å². The van der Waals surface area contributed by atoms with Crippen molar-refractivity contribution >= 4 is 11.6 Å². The SMILES string of the molecule is CNC1CCN(c2cccc(F)c2C)C1=O. The molecule has 16 heavy (non-hydrogen) atoms. The number of nitrogens with one attached hydrogen (secondary N) is 1. The van der Waals surface area contributed by atoms with Gasteiger partial charge in [0.25, 0.3) is 0 Å². The number of hydrogen-bond acceptors (Lipinski definition) is 2. The van der Waals surface area contributed by atoms with Crippen molar-refractivity contribution in [2.75, 3.05) is 18.5 Å². The van der Waals surface area contributed by atoms with Crippen LogP contribution in [0.5, 0.6) is 0 Å². The first-order chi connectivity index (χ1) is 7.65. The summed E-state index contributed by atoms with van der Waals surface area (Å²) < 4.78 is 13.4. The molecule has 1 heterocycles. The molecule has 0 bridgehead atoms. The van der Waals surface area contributed by atoms with Crippen molar-refractivity contribution in [2.24, 2.45) is 0 Å². The molecule has 1 fully saturated rings. The lowest BCUT2D eigenvalue weighted by Crippen LogP contribution is -2.36. The highest BCUT2D eigenvalue weighted by atomic mass is 19.1. The van der Waals surface area contributed by atoms with Crippen molar-refractivity contribution < 1.29 is 9.18 Å². The summed E-state index contributed by atoms with van der Waals surface area (Å²) in [7, 11) is 1.77. The molecule has 0 spiro atoms. The number of benzene rings is 1. The van der Waals surface area contributed by atoms with Crippen molar-refractivity contribution in [3.05, 3.63) is 29.6 Å². The highest BCUT2D eigenvalue weighted by Gasteiger charge is 2.32. The van der Waals surface area contributed by atoms with Crippen LogP contribution < -0.4 is 10.2 Å². The van der Waals surface area contributed by atoms with Gasteiger partial charge in [-0.15, -0.1) is 0 Å². The minimum absolute atomic E-state index is 0.0243. The number of carbonyl (C=O) groups is 1. The molecular formula is C12H15FN2O. The van der Waals surface area contributed by atoms with Gasteiger partial charge < -0.3 is 10.2 Å². The van der Waals surface area contributed by atoms with Gasteiger partial charge in [0.2, 0.25) is 5.91 Å². The van der Waals surface area contributed by atoms with Gasteiger partial charge in [0.15, 0.2) is 0 Å². The molecule has 1 N–H and O–H groups in total. The lowest BCUT2D eigenvalue weighted by atomic mass is 10.1. The molecule has 1 aromatic rings. The Morgan fingerprint density at radius 3 is 2.88 bits per heavy atom. The fourth-order valence-electron chi connectivity index (χ4n) is 2.08. The lowest BCUT2D eigenvalue weighted by Gasteiger charge is -2.19. The highest BCUT2D eigenvalue weighted by Crippen LogP contribution is 2.26. The average molecular weight is 222 g/mol. The molecule has 0 aliphatic carbocycles. The number of amides is 1. The van der Waals surface area contributed by atoms with Gasteiger partial charge in [0.1, 0.15) is 5.82 Å². The predicted molar refractivity (Wildman–Crippen MR) is 61.0 cm³/mol. The van der Waals surface area contributed by atoms with Crippen LogP contribution in [0.3, 0.4) is 0 Å². The minimum atomic E-state index is -0.266. The molecule has 2 rings (SSSR count). The molecule has 86 valence electrons. The number of likely N-dealkylation sites (N-methyl/N-ethyl adjacent to an activating group) is 1. The van der Waals surface area contributed by atoms with Crippen LogP contribution in [-0.2, 0) is 4.79 Å². The molecular weight excluding hydrogens is 207 g/mol. The zero-order valence-electron chi connectivity index (χ0n) is 9.46. The first-order valence-electron chi connectivity index (χ1n) is 5.39. The van der Waals surface area contributed by atoms with E-state index in [1.54, 1.807) is 31.0 Å². The van der Waals surface area contributed by atoms with E-state index < -0.39 is 0 Å². The minimum Gasteiger partial charge on any atom is -0.311 e. The van der Waals surface area contributed by atoms with E-state index in [2.05, 4.69) is 5.32 Å². The Labute approximate surface area is 94.3 Å². The van der Waals surface area contributed by atoms with E-state index in [0.29, 0.717) is 17.8 Å². The third-order valence-corrected chi connectivity index (χ3v) is 3.08. The molecule has 1 amide bonds. The van der Waals surface area contributed by atoms with Crippen LogP contribution in [0.4, 0.5) is 10.1 Å². The third kappa shape index (κ3) is 1.69. The maximum atomic E-state index is 13.4. The van der Waals surface area contributed by atoms with E-state index in [1.165, 1.54) is 6.07 Å². The molecule has 0 aromatic heterocycles. The van der Waals surface area contributed by atoms with Gasteiger partial charge in [-0.2, -0.15) is 0 Å². The molecule has 1 unspecified atom stereocenters. The summed E-state index contributed by atoms with van der Waals surface area (Å²) in [5.41, 5.74) is 1.22. The van der Waals surface area contributed by atoms with Crippen molar-refractivity contribution in [1.82, 2.24) is 5.32 Å². The Hall–Kier alpha value is -1.42. The molecule has 0 radical (unpaired) electrons. The first kappa shape index (κ1) is 11.1. The van der Waals surface area contributed by atoms with Gasteiger partial charge in [-0.3, -0.25) is 4.79 Å². The monoisotopic (exact) mass is 222 g/mol. The van der Waals surface area contributed by atoms with E-state index in [-0.39, 0.29) is 17.8 Å². The van der Waals surface area contributed by atoms with E-state index in [1.807, 2.05) is 0 Å². The molecule has 1 saturated heterocycles. The molecule has 1 atom stereocenters. The van der Waals surface area contributed by atoms with E-state index in [9.17, 15) is 9.18 Å². The van der Waals surface area contributed by atoms with Gasteiger partial charge in [-0.25, -0.2) is 4.39 Å². The largest absolute Gasteiger partial charge is 0.311 e. The second-order valence-corrected chi connectivity index (χ2v) is 4.00. The second-order valence-electron chi connectivity index (χ2n) is 4.00. The maximum absolute atomic E-state index is 13.4. The van der Waals surface area contributed by atoms with Gasteiger partial charge in [0.05, 0.1) is 6.04 Å². The predicted octanol–water partition coefficient (Wildman–Crippen LogP) is 1.46. The summed E-state index contributed by atoms with van der Waals surface area (Å²) >= 11 is 0. The van der Waals surface area contributed by atoms with E-state index in [4.69, 9.17) is 0 Å². The molecule has 1 aliphatic heterocycles. The fraction of sp³-hybridized carbons (Fsp3) is 0.417. The van der Waals surface area contributed by atoms with Crippen LogP contribution in [-0.4, -0.2) is 25.5 Å². The lowest BCUT2D eigenvalue weighted by molar-refractivity contribution is -0.118. The van der Waals surface area contributed by atoms with Crippen LogP contribution >= 0.6 is 0 Å². The van der Waals surface area contributed by atoms with Crippen LogP contribution in [0.2, 0.25) is 0 Å². The van der Waals surface area contributed by atoms with E-state index in [0.717, 1.165) is 6.42 Å². The zero-order valence-corrected chi connectivity index (χ0v) is 9.46. The summed E-state index contributed by atoms with van der Waals surface area (Å²) in [5, 5.41) is 2.96. The first-order valence-corrected chi connectivity index (χ1v) is 5.39. The van der Waals surface area contributed by atoms with Gasteiger partial charge in [-0.1, -0.05) is 6.07 Å². The summed E-state index contributed by atoms with van der Waals surface area (Å²) in [6.07, 6.45) is 0.769. The number of anilines is 1. The van der Waals surface area contributed by atoms with Crippen LogP contribution in [0, 0.1) is 12.7 Å². The number of halogens is 1. The number of hydrogen-bond donors (Lipinski definition) is 1. The topological polar surface area (TPSA) is 32.3 Å². The third-order valence-electron chi connectivity index (χ3n) is 3.08. The van der Waals surface area contributed by atoms with Crippen molar-refractivity contribution in [3.8, 4) is 0 Å². The zero-order chi connectivity index (χ0) is 11.7. The Bertz CT molecular complexity index is 419. The molecule has 1 aromatic carbocycles. The second kappa shape index (κ2) is 4.22. The molecule has 3 nitrogen and oxygen atoms in total. The van der Waals surface area contributed by atoms with Crippen molar-refractivity contribution in [1.29, 1.82) is 0 Å². The normalized spacial score (nSPS) is 20.6. The number of carbonyl (C=O) groups excluding carboxylic acids is 1. The standard InChI is InChI=1S/C12H15FN2O/c1-8-9(13)4-3-5-11(8)15-7-6-10(14-2)12(15)16/h3-5,10,14H,6-7H2,1-2H3. The molecule has 0 saturated carbocycles. The Morgan fingerprint density at radius 2 is 2.25 bits per heavy atom. The Balaban J connectivity index is 2.32. The van der Waals surface area contributed by atoms with Gasteiger partial charge >= 0.3 is 0 Å². The quantitative estimate of drug-likeness (QED) is 0.821. The Kier molecular flexibility index (Phi) is 2.92. The summed E-state index contributed by atoms with van der Waals surface area (Å²) in [5.74, 6) is -0.241. The average Bonchev–Trinajstić information content (AvgIpc) is 2.64. The smallest absolute Gasteiger partial charge is 0.244 e. The van der Waals surface area contributed by atoms with Crippen molar-refractivity contribution in [2.45, 2.75) is 19.4 Å². The maximum Gasteiger partial charge on any atom is 0.244 e. The summed E-state index contributed by atoms with van der Waals surface area (Å²) in [4.78, 5) is 13.6. The van der Waals surface area contributed by atoms with Crippen LogP contribution in [0.25, 0.3) is 0 Å². The number of nitrogens with zero attached hydrogens (tertiary/aromatic N) is 1. The molecule has 1 aliphatic rings. The summed E-state index contributed by atoms with van der Waals surface area (Å²) in [6, 6.07) is 4.70. The van der Waals surface area contributed by atoms with Crippen LogP contribution in [0.1, 0.15) is 12.0 Å². The van der Waals surface area contributed by atoms with Crippen molar-refractivity contribution in [3.63, 3.8) is 0 Å².